The fourth-order valence-corrected chi connectivity index (χ4v) is 6.12. The van der Waals surface area contributed by atoms with Gasteiger partial charge in [0, 0.05) is 29.8 Å². The number of hydrogen-bond acceptors (Lipinski definition) is 8. The molecular formula is C29H23Cl3N4O5. The van der Waals surface area contributed by atoms with Crippen molar-refractivity contribution in [1.29, 1.82) is 0 Å². The van der Waals surface area contributed by atoms with Crippen LogP contribution < -0.4 is 9.64 Å². The summed E-state index contributed by atoms with van der Waals surface area (Å²) in [6.07, 6.45) is 3.73. The van der Waals surface area contributed by atoms with Gasteiger partial charge in [0.25, 0.3) is 0 Å². The van der Waals surface area contributed by atoms with Crippen LogP contribution in [0.25, 0.3) is 11.3 Å². The Hall–Kier alpha value is -3.66. The van der Waals surface area contributed by atoms with Crippen molar-refractivity contribution in [3.8, 4) is 17.0 Å². The van der Waals surface area contributed by atoms with Crippen LogP contribution in [-0.2, 0) is 12.1 Å². The summed E-state index contributed by atoms with van der Waals surface area (Å²) < 4.78 is 11.9. The van der Waals surface area contributed by atoms with Gasteiger partial charge in [-0.25, -0.2) is 9.78 Å². The van der Waals surface area contributed by atoms with Gasteiger partial charge in [0.15, 0.2) is 0 Å². The number of nitroso groups, excluding NO2 is 1. The van der Waals surface area contributed by atoms with Crippen LogP contribution in [0.15, 0.2) is 64.4 Å². The van der Waals surface area contributed by atoms with Crippen molar-refractivity contribution in [1.82, 2.24) is 10.1 Å². The van der Waals surface area contributed by atoms with E-state index < -0.39 is 11.5 Å². The molecule has 2 fully saturated rings. The molecule has 2 aromatic heterocycles. The minimum Gasteiger partial charge on any atom is -0.489 e. The SMILES string of the molecule is O=NC1(c2ccc(OCc3c(-c4c(Cl)cccc4Cl)noc3C3CC3)cc2Cl)CCN(c2ccc(C(=O)O)cn2)C1. The molecule has 1 saturated carbocycles. The number of benzene rings is 2. The quantitative estimate of drug-likeness (QED) is 0.191. The first kappa shape index (κ1) is 27.5. The topological polar surface area (TPSA) is 118 Å². The van der Waals surface area contributed by atoms with Gasteiger partial charge in [0.2, 0.25) is 0 Å². The number of rotatable bonds is 9. The lowest BCUT2D eigenvalue weighted by Gasteiger charge is -2.24. The standard InChI is InChI=1S/C29H23Cl3N4O5/c30-21-2-1-3-22(31)25(21)26-19(27(41-34-26)16-4-5-16)14-40-18-7-8-20(23(32)12-18)29(35-39)10-11-36(15-29)24-9-6-17(13-33-24)28(37)38/h1-3,6-9,12-13,16H,4-5,10-11,14-15H2,(H,37,38). The Morgan fingerprint density at radius 1 is 1.12 bits per heavy atom. The number of aromatic nitrogens is 2. The first-order valence-corrected chi connectivity index (χ1v) is 14.1. The molecule has 1 aliphatic carbocycles. The van der Waals surface area contributed by atoms with Gasteiger partial charge in [-0.1, -0.05) is 57.3 Å². The van der Waals surface area contributed by atoms with E-state index in [2.05, 4.69) is 15.3 Å². The van der Waals surface area contributed by atoms with E-state index in [4.69, 9.17) is 49.2 Å². The second kappa shape index (κ2) is 11.0. The zero-order chi connectivity index (χ0) is 28.7. The highest BCUT2D eigenvalue weighted by molar-refractivity contribution is 6.39. The van der Waals surface area contributed by atoms with E-state index in [1.165, 1.54) is 12.3 Å². The van der Waals surface area contributed by atoms with Gasteiger partial charge in [0.1, 0.15) is 35.2 Å². The smallest absolute Gasteiger partial charge is 0.337 e. The molecule has 210 valence electrons. The highest BCUT2D eigenvalue weighted by Crippen LogP contribution is 2.46. The minimum atomic E-state index is -1.09. The van der Waals surface area contributed by atoms with Crippen molar-refractivity contribution < 1.29 is 19.2 Å². The van der Waals surface area contributed by atoms with E-state index in [-0.39, 0.29) is 24.6 Å². The maximum Gasteiger partial charge on any atom is 0.337 e. The van der Waals surface area contributed by atoms with Crippen molar-refractivity contribution in [2.45, 2.75) is 37.3 Å². The fourth-order valence-electron chi connectivity index (χ4n) is 5.20. The molecule has 0 spiro atoms. The number of pyridine rings is 1. The number of carboxylic acids is 1. The molecule has 4 aromatic rings. The summed E-state index contributed by atoms with van der Waals surface area (Å²) in [5, 5.41) is 18.2. The van der Waals surface area contributed by atoms with Gasteiger partial charge in [0.05, 0.1) is 32.7 Å². The Bertz CT molecular complexity index is 1620. The average Bonchev–Trinajstić information content (AvgIpc) is 3.58. The van der Waals surface area contributed by atoms with E-state index in [9.17, 15) is 9.70 Å². The third kappa shape index (κ3) is 5.25. The Morgan fingerprint density at radius 2 is 1.90 bits per heavy atom. The Labute approximate surface area is 249 Å². The molecular weight excluding hydrogens is 591 g/mol. The van der Waals surface area contributed by atoms with Crippen LogP contribution >= 0.6 is 34.8 Å². The largest absolute Gasteiger partial charge is 0.489 e. The number of carboxylic acid groups (broad SMARTS) is 1. The number of nitrogens with zero attached hydrogens (tertiary/aromatic N) is 4. The molecule has 3 heterocycles. The molecule has 1 aliphatic heterocycles. The second-order valence-electron chi connectivity index (χ2n) is 10.2. The lowest BCUT2D eigenvalue weighted by Crippen LogP contribution is -2.29. The molecule has 0 radical (unpaired) electrons. The summed E-state index contributed by atoms with van der Waals surface area (Å²) in [6, 6.07) is 13.5. The van der Waals surface area contributed by atoms with Crippen LogP contribution in [-0.4, -0.2) is 34.3 Å². The maximum absolute atomic E-state index is 12.2. The van der Waals surface area contributed by atoms with Crippen LogP contribution in [0.4, 0.5) is 5.82 Å². The van der Waals surface area contributed by atoms with Crippen LogP contribution in [0.2, 0.25) is 15.1 Å². The molecule has 1 N–H and O–H groups in total. The molecule has 41 heavy (non-hydrogen) atoms. The Balaban J connectivity index is 1.22. The third-order valence-electron chi connectivity index (χ3n) is 7.53. The van der Waals surface area contributed by atoms with Crippen LogP contribution in [0, 0.1) is 4.91 Å². The van der Waals surface area contributed by atoms with E-state index >= 15 is 0 Å². The summed E-state index contributed by atoms with van der Waals surface area (Å²) in [5.41, 5.74) is 1.49. The number of anilines is 1. The Kier molecular flexibility index (Phi) is 7.36. The fraction of sp³-hybridized carbons (Fsp3) is 0.276. The summed E-state index contributed by atoms with van der Waals surface area (Å²) in [5.74, 6) is 1.05. The summed E-state index contributed by atoms with van der Waals surface area (Å²) in [7, 11) is 0. The number of halogens is 3. The number of ether oxygens (including phenoxy) is 1. The molecule has 0 amide bonds. The summed E-state index contributed by atoms with van der Waals surface area (Å²) >= 11 is 19.6. The zero-order valence-corrected chi connectivity index (χ0v) is 23.8. The first-order chi connectivity index (χ1) is 19.8. The van der Waals surface area contributed by atoms with Crippen molar-refractivity contribution in [3.63, 3.8) is 0 Å². The van der Waals surface area contributed by atoms with Gasteiger partial charge >= 0.3 is 5.97 Å². The summed E-state index contributed by atoms with van der Waals surface area (Å²) in [4.78, 5) is 29.5. The molecule has 2 aromatic carbocycles. The van der Waals surface area contributed by atoms with Crippen molar-refractivity contribution >= 4 is 46.6 Å². The van der Waals surface area contributed by atoms with E-state index in [0.717, 1.165) is 24.2 Å². The minimum absolute atomic E-state index is 0.0869. The lowest BCUT2D eigenvalue weighted by atomic mass is 9.90. The third-order valence-corrected chi connectivity index (χ3v) is 8.48. The van der Waals surface area contributed by atoms with Gasteiger partial charge in [-0.05, 0) is 55.7 Å². The number of carbonyl (C=O) groups is 1. The molecule has 1 unspecified atom stereocenters. The van der Waals surface area contributed by atoms with Crippen LogP contribution in [0.1, 0.15) is 52.4 Å². The first-order valence-electron chi connectivity index (χ1n) is 12.9. The van der Waals surface area contributed by atoms with E-state index in [0.29, 0.717) is 56.4 Å². The van der Waals surface area contributed by atoms with E-state index in [1.807, 2.05) is 4.90 Å². The molecule has 12 heteroatoms. The Morgan fingerprint density at radius 3 is 2.54 bits per heavy atom. The molecule has 1 atom stereocenters. The highest BCUT2D eigenvalue weighted by Gasteiger charge is 2.43. The normalized spacial score (nSPS) is 18.5. The number of hydrogen-bond donors (Lipinski definition) is 1. The van der Waals surface area contributed by atoms with Gasteiger partial charge in [-0.2, -0.15) is 0 Å². The predicted octanol–water partition coefficient (Wildman–Crippen LogP) is 7.72. The molecule has 0 bridgehead atoms. The molecule has 6 rings (SSSR count). The molecule has 1 saturated heterocycles. The summed E-state index contributed by atoms with van der Waals surface area (Å²) in [6.45, 7) is 0.915. The predicted molar refractivity (Wildman–Crippen MR) is 155 cm³/mol. The van der Waals surface area contributed by atoms with Crippen molar-refractivity contribution in [2.24, 2.45) is 5.18 Å². The van der Waals surface area contributed by atoms with Gasteiger partial charge in [-0.3, -0.25) is 0 Å². The highest BCUT2D eigenvalue weighted by atomic mass is 35.5. The maximum atomic E-state index is 12.2. The zero-order valence-electron chi connectivity index (χ0n) is 21.5. The average molecular weight is 614 g/mol. The second-order valence-corrected chi connectivity index (χ2v) is 11.4. The van der Waals surface area contributed by atoms with Crippen LogP contribution in [0.3, 0.4) is 0 Å². The van der Waals surface area contributed by atoms with Crippen LogP contribution in [0.5, 0.6) is 5.75 Å². The van der Waals surface area contributed by atoms with Crippen molar-refractivity contribution in [2.75, 3.05) is 18.0 Å². The van der Waals surface area contributed by atoms with Gasteiger partial charge in [-0.15, -0.1) is 4.91 Å². The monoisotopic (exact) mass is 612 g/mol. The van der Waals surface area contributed by atoms with Crippen molar-refractivity contribution in [3.05, 3.63) is 97.2 Å². The molecule has 9 nitrogen and oxygen atoms in total. The van der Waals surface area contributed by atoms with E-state index in [1.54, 1.807) is 42.5 Å². The molecule has 2 aliphatic rings. The lowest BCUT2D eigenvalue weighted by molar-refractivity contribution is 0.0696. The van der Waals surface area contributed by atoms with Gasteiger partial charge < -0.3 is 19.3 Å². The number of aromatic carboxylic acids is 1.